The van der Waals surface area contributed by atoms with Crippen LogP contribution in [-0.2, 0) is 17.8 Å². The van der Waals surface area contributed by atoms with Gasteiger partial charge in [-0.25, -0.2) is 4.39 Å². The van der Waals surface area contributed by atoms with Crippen LogP contribution in [0.4, 0.5) is 10.1 Å². The van der Waals surface area contributed by atoms with Crippen LogP contribution in [0.15, 0.2) is 54.0 Å². The lowest BCUT2D eigenvalue weighted by atomic mass is 10.1. The van der Waals surface area contributed by atoms with Gasteiger partial charge in [-0.2, -0.15) is 4.57 Å². The van der Waals surface area contributed by atoms with E-state index in [1.807, 2.05) is 30.5 Å². The first-order valence-electron chi connectivity index (χ1n) is 14.8. The van der Waals surface area contributed by atoms with E-state index in [0.29, 0.717) is 18.7 Å². The van der Waals surface area contributed by atoms with Crippen molar-refractivity contribution in [3.8, 4) is 5.75 Å². The summed E-state index contributed by atoms with van der Waals surface area (Å²) in [6.07, 6.45) is 17.6. The molecule has 0 atom stereocenters. The predicted octanol–water partition coefficient (Wildman–Crippen LogP) is 5.80. The van der Waals surface area contributed by atoms with E-state index in [1.165, 1.54) is 75.3 Å². The van der Waals surface area contributed by atoms with Crippen LogP contribution >= 0.6 is 11.3 Å². The minimum absolute atomic E-state index is 0. The molecule has 1 aromatic heterocycles. The zero-order valence-electron chi connectivity index (χ0n) is 24.2. The number of unbranched alkanes of at least 4 members (excludes halogenated alkanes) is 11. The van der Waals surface area contributed by atoms with Crippen LogP contribution in [-0.4, -0.2) is 12.5 Å². The van der Waals surface area contributed by atoms with Gasteiger partial charge in [-0.05, 0) is 30.2 Å². The van der Waals surface area contributed by atoms with Gasteiger partial charge in [-0.3, -0.25) is 4.79 Å². The minimum atomic E-state index is -0.413. The van der Waals surface area contributed by atoms with Gasteiger partial charge in [0.25, 0.3) is 0 Å². The molecule has 3 aromatic rings. The molecule has 4 nitrogen and oxygen atoms in total. The SMILES string of the molecule is CCCCCCCCCCCCCCOc1ccc(CC(=O)Nc2ccccc2C[n+]2ccsc2C)cc1F.[Br-]. The molecular formula is C33H46BrFN2O2S. The van der Waals surface area contributed by atoms with Crippen molar-refractivity contribution in [1.82, 2.24) is 0 Å². The van der Waals surface area contributed by atoms with E-state index in [0.717, 1.165) is 24.1 Å². The topological polar surface area (TPSA) is 42.2 Å². The van der Waals surface area contributed by atoms with Crippen LogP contribution in [0, 0.1) is 12.7 Å². The van der Waals surface area contributed by atoms with Gasteiger partial charge in [0.05, 0.1) is 24.1 Å². The van der Waals surface area contributed by atoms with Crippen LogP contribution in [0.5, 0.6) is 5.75 Å². The van der Waals surface area contributed by atoms with Gasteiger partial charge < -0.3 is 27.0 Å². The molecule has 0 aliphatic carbocycles. The van der Waals surface area contributed by atoms with E-state index in [-0.39, 0.29) is 35.1 Å². The summed E-state index contributed by atoms with van der Waals surface area (Å²) in [5.41, 5.74) is 2.44. The summed E-state index contributed by atoms with van der Waals surface area (Å²) in [5, 5.41) is 6.26. The maximum atomic E-state index is 14.6. The van der Waals surface area contributed by atoms with Crippen molar-refractivity contribution in [3.05, 3.63) is 76.0 Å². The number of amides is 1. The third-order valence-electron chi connectivity index (χ3n) is 7.13. The van der Waals surface area contributed by atoms with Gasteiger partial charge in [-0.1, -0.05) is 113 Å². The summed E-state index contributed by atoms with van der Waals surface area (Å²) in [7, 11) is 0. The van der Waals surface area contributed by atoms with Crippen molar-refractivity contribution in [2.75, 3.05) is 11.9 Å². The molecule has 7 heteroatoms. The summed E-state index contributed by atoms with van der Waals surface area (Å²) in [6.45, 7) is 5.54. The molecule has 40 heavy (non-hydrogen) atoms. The van der Waals surface area contributed by atoms with Gasteiger partial charge in [0, 0.05) is 12.5 Å². The minimum Gasteiger partial charge on any atom is -1.00 e. The molecule has 220 valence electrons. The molecular weight excluding hydrogens is 587 g/mol. The fourth-order valence-corrected chi connectivity index (χ4v) is 5.44. The average Bonchev–Trinajstić information content (AvgIpc) is 3.33. The van der Waals surface area contributed by atoms with Crippen LogP contribution in [0.25, 0.3) is 0 Å². The first kappa shape index (κ1) is 34.0. The molecule has 0 unspecified atom stereocenters. The van der Waals surface area contributed by atoms with Crippen molar-refractivity contribution < 1.29 is 35.5 Å². The van der Waals surface area contributed by atoms with Gasteiger partial charge in [0.15, 0.2) is 24.3 Å². The lowest BCUT2D eigenvalue weighted by Gasteiger charge is -2.11. The van der Waals surface area contributed by atoms with Crippen molar-refractivity contribution in [2.24, 2.45) is 0 Å². The molecule has 2 aromatic carbocycles. The van der Waals surface area contributed by atoms with Crippen molar-refractivity contribution in [3.63, 3.8) is 0 Å². The van der Waals surface area contributed by atoms with E-state index in [9.17, 15) is 9.18 Å². The molecule has 0 saturated heterocycles. The van der Waals surface area contributed by atoms with Gasteiger partial charge in [0.2, 0.25) is 10.9 Å². The maximum Gasteiger partial charge on any atom is 0.234 e. The zero-order chi connectivity index (χ0) is 27.7. The van der Waals surface area contributed by atoms with E-state index in [4.69, 9.17) is 4.74 Å². The number of thiazole rings is 1. The van der Waals surface area contributed by atoms with Crippen LogP contribution in [0.3, 0.4) is 0 Å². The number of rotatable bonds is 19. The molecule has 0 aliphatic rings. The summed E-state index contributed by atoms with van der Waals surface area (Å²) in [6, 6.07) is 12.6. The van der Waals surface area contributed by atoms with Crippen molar-refractivity contribution in [2.45, 2.75) is 104 Å². The number of carbonyl (C=O) groups excluding carboxylic acids is 1. The Hall–Kier alpha value is -2.25. The smallest absolute Gasteiger partial charge is 0.234 e. The zero-order valence-corrected chi connectivity index (χ0v) is 26.6. The fourth-order valence-electron chi connectivity index (χ4n) is 4.78. The average molecular weight is 634 g/mol. The van der Waals surface area contributed by atoms with Gasteiger partial charge >= 0.3 is 0 Å². The normalized spacial score (nSPS) is 10.8. The van der Waals surface area contributed by atoms with Gasteiger partial charge in [-0.15, -0.1) is 0 Å². The Morgan fingerprint density at radius 1 is 0.925 bits per heavy atom. The first-order chi connectivity index (χ1) is 19.1. The number of aromatic nitrogens is 1. The number of anilines is 1. The second-order valence-corrected chi connectivity index (χ2v) is 11.5. The number of para-hydroxylation sites is 1. The highest BCUT2D eigenvalue weighted by molar-refractivity contribution is 7.09. The van der Waals surface area contributed by atoms with E-state index >= 15 is 0 Å². The Kier molecular flexibility index (Phi) is 16.8. The summed E-state index contributed by atoms with van der Waals surface area (Å²) < 4.78 is 22.5. The maximum absolute atomic E-state index is 14.6. The van der Waals surface area contributed by atoms with E-state index in [1.54, 1.807) is 23.5 Å². The number of carbonyl (C=O) groups is 1. The highest BCUT2D eigenvalue weighted by Gasteiger charge is 2.14. The molecule has 3 rings (SSSR count). The van der Waals surface area contributed by atoms with Crippen molar-refractivity contribution >= 4 is 22.9 Å². The number of nitrogens with zero attached hydrogens (tertiary/aromatic N) is 1. The second-order valence-electron chi connectivity index (χ2n) is 10.4. The number of halogens is 2. The monoisotopic (exact) mass is 632 g/mol. The van der Waals surface area contributed by atoms with Crippen LogP contribution in [0.2, 0.25) is 0 Å². The fraction of sp³-hybridized carbons (Fsp3) is 0.515. The summed E-state index contributed by atoms with van der Waals surface area (Å²) in [5.74, 6) is -0.321. The van der Waals surface area contributed by atoms with Crippen LogP contribution < -0.4 is 31.6 Å². The Morgan fingerprint density at radius 2 is 1.57 bits per heavy atom. The lowest BCUT2D eigenvalue weighted by molar-refractivity contribution is -0.689. The van der Waals surface area contributed by atoms with E-state index in [2.05, 4.69) is 29.1 Å². The molecule has 1 heterocycles. The first-order valence-corrected chi connectivity index (χ1v) is 15.7. The molecule has 0 bridgehead atoms. The Morgan fingerprint density at radius 3 is 2.20 bits per heavy atom. The highest BCUT2D eigenvalue weighted by Crippen LogP contribution is 2.21. The summed E-state index contributed by atoms with van der Waals surface area (Å²) in [4.78, 5) is 12.7. The molecule has 0 saturated carbocycles. The largest absolute Gasteiger partial charge is 1.00 e. The summed E-state index contributed by atoms with van der Waals surface area (Å²) >= 11 is 1.69. The highest BCUT2D eigenvalue weighted by atomic mass is 79.9. The van der Waals surface area contributed by atoms with Crippen LogP contribution in [0.1, 0.15) is 100 Å². The lowest BCUT2D eigenvalue weighted by Crippen LogP contribution is -3.00. The number of hydrogen-bond acceptors (Lipinski definition) is 3. The number of benzene rings is 2. The number of hydrogen-bond donors (Lipinski definition) is 1. The number of aryl methyl sites for hydroxylation is 1. The Balaban J connectivity index is 0.00000560. The standard InChI is InChI=1S/C33H45FN2O2S.BrH/c1-3-4-5-6-7-8-9-10-11-12-13-16-22-38-32-20-19-28(24-30(32)34)25-33(37)35-31-18-15-14-17-29(31)26-36-21-23-39-27(36)2;/h14-15,17-21,23-24H,3-13,16,22,25-26H2,1-2H3;1H. The van der Waals surface area contributed by atoms with E-state index < -0.39 is 5.82 Å². The number of ether oxygens (including phenoxy) is 1. The quantitative estimate of drug-likeness (QED) is 0.134. The third-order valence-corrected chi connectivity index (χ3v) is 7.97. The van der Waals surface area contributed by atoms with Crippen molar-refractivity contribution in [1.29, 1.82) is 0 Å². The third kappa shape index (κ3) is 12.5. The molecule has 0 spiro atoms. The molecule has 0 radical (unpaired) electrons. The molecule has 0 fully saturated rings. The number of nitrogens with one attached hydrogen (secondary N) is 1. The van der Waals surface area contributed by atoms with Gasteiger partial charge in [0.1, 0.15) is 0 Å². The second kappa shape index (κ2) is 19.8. The molecule has 1 N–H and O–H groups in total. The Labute approximate surface area is 255 Å². The Bertz CT molecular complexity index is 1140. The molecule has 0 aliphatic heterocycles. The predicted molar refractivity (Wildman–Crippen MR) is 160 cm³/mol. The molecule has 1 amide bonds.